The van der Waals surface area contributed by atoms with Gasteiger partial charge in [0.25, 0.3) is 0 Å². The molecular formula is C16H31N5. The van der Waals surface area contributed by atoms with Crippen LogP contribution in [-0.4, -0.2) is 44.8 Å². The van der Waals surface area contributed by atoms with Gasteiger partial charge in [-0.05, 0) is 25.2 Å². The summed E-state index contributed by atoms with van der Waals surface area (Å²) in [6.07, 6.45) is 5.23. The molecule has 5 nitrogen and oxygen atoms in total. The molecule has 0 saturated carbocycles. The van der Waals surface area contributed by atoms with Crippen molar-refractivity contribution in [3.63, 3.8) is 0 Å². The average molecular weight is 293 g/mol. The molecule has 2 unspecified atom stereocenters. The van der Waals surface area contributed by atoms with Crippen LogP contribution < -0.4 is 5.32 Å². The lowest BCUT2D eigenvalue weighted by Crippen LogP contribution is -2.56. The molecule has 1 N–H and O–H groups in total. The molecule has 1 aliphatic rings. The summed E-state index contributed by atoms with van der Waals surface area (Å²) >= 11 is 0. The minimum absolute atomic E-state index is 0.607. The standard InChI is InChI=1S/C16H31N5/c1-5-7-21-16(18-12-19-21)11-20-10-14(6-2)17-9-15(20)8-13(3)4/h12-15,17H,5-11H2,1-4H3. The van der Waals surface area contributed by atoms with Gasteiger partial charge < -0.3 is 5.32 Å². The molecule has 120 valence electrons. The molecule has 1 aromatic heterocycles. The molecule has 0 spiro atoms. The lowest BCUT2D eigenvalue weighted by molar-refractivity contribution is 0.101. The number of hydrogen-bond acceptors (Lipinski definition) is 4. The van der Waals surface area contributed by atoms with Gasteiger partial charge in [-0.3, -0.25) is 4.90 Å². The van der Waals surface area contributed by atoms with Crippen LogP contribution in [-0.2, 0) is 13.1 Å². The third kappa shape index (κ3) is 4.51. The van der Waals surface area contributed by atoms with E-state index in [1.165, 1.54) is 12.8 Å². The van der Waals surface area contributed by atoms with Crippen LogP contribution in [0.2, 0.25) is 0 Å². The number of hydrogen-bond donors (Lipinski definition) is 1. The third-order valence-electron chi connectivity index (χ3n) is 4.33. The lowest BCUT2D eigenvalue weighted by Gasteiger charge is -2.40. The zero-order valence-corrected chi connectivity index (χ0v) is 14.0. The Morgan fingerprint density at radius 2 is 2.19 bits per heavy atom. The largest absolute Gasteiger partial charge is 0.311 e. The Morgan fingerprint density at radius 1 is 1.38 bits per heavy atom. The Balaban J connectivity index is 2.05. The molecule has 21 heavy (non-hydrogen) atoms. The quantitative estimate of drug-likeness (QED) is 0.838. The fourth-order valence-corrected chi connectivity index (χ4v) is 3.16. The van der Waals surface area contributed by atoms with Gasteiger partial charge >= 0.3 is 0 Å². The normalized spacial score (nSPS) is 23.9. The van der Waals surface area contributed by atoms with Crippen molar-refractivity contribution in [2.75, 3.05) is 13.1 Å². The van der Waals surface area contributed by atoms with E-state index in [0.29, 0.717) is 12.1 Å². The third-order valence-corrected chi connectivity index (χ3v) is 4.33. The topological polar surface area (TPSA) is 46.0 Å². The number of piperazine rings is 1. The van der Waals surface area contributed by atoms with Crippen molar-refractivity contribution >= 4 is 0 Å². The SMILES string of the molecule is CCCn1ncnc1CN1CC(CC)NCC1CC(C)C. The minimum atomic E-state index is 0.607. The summed E-state index contributed by atoms with van der Waals surface area (Å²) in [5, 5.41) is 8.05. The molecule has 1 saturated heterocycles. The van der Waals surface area contributed by atoms with E-state index in [4.69, 9.17) is 0 Å². The predicted molar refractivity (Wildman–Crippen MR) is 86.0 cm³/mol. The van der Waals surface area contributed by atoms with E-state index < -0.39 is 0 Å². The van der Waals surface area contributed by atoms with Crippen LogP contribution in [0.4, 0.5) is 0 Å². The Kier molecular flexibility index (Phi) is 6.18. The molecule has 0 bridgehead atoms. The van der Waals surface area contributed by atoms with Crippen molar-refractivity contribution < 1.29 is 0 Å². The molecule has 0 aliphatic carbocycles. The number of rotatable bonds is 7. The fraction of sp³-hybridized carbons (Fsp3) is 0.875. The second kappa shape index (κ2) is 7.90. The van der Waals surface area contributed by atoms with Gasteiger partial charge in [0.1, 0.15) is 12.2 Å². The van der Waals surface area contributed by atoms with Crippen LogP contribution in [0.5, 0.6) is 0 Å². The molecule has 2 heterocycles. The van der Waals surface area contributed by atoms with Crippen LogP contribution in [0.1, 0.15) is 52.8 Å². The summed E-state index contributed by atoms with van der Waals surface area (Å²) in [7, 11) is 0. The first-order chi connectivity index (χ1) is 10.1. The summed E-state index contributed by atoms with van der Waals surface area (Å²) in [5.74, 6) is 1.84. The number of aryl methyl sites for hydroxylation is 1. The molecule has 0 aromatic carbocycles. The average Bonchev–Trinajstić information content (AvgIpc) is 2.88. The smallest absolute Gasteiger partial charge is 0.141 e. The van der Waals surface area contributed by atoms with Crippen molar-refractivity contribution in [3.8, 4) is 0 Å². The fourth-order valence-electron chi connectivity index (χ4n) is 3.16. The van der Waals surface area contributed by atoms with Gasteiger partial charge in [-0.2, -0.15) is 5.10 Å². The Labute approximate surface area is 129 Å². The van der Waals surface area contributed by atoms with Crippen molar-refractivity contribution in [1.29, 1.82) is 0 Å². The summed E-state index contributed by atoms with van der Waals surface area (Å²) in [6.45, 7) is 13.2. The van der Waals surface area contributed by atoms with Crippen molar-refractivity contribution in [2.45, 2.75) is 72.1 Å². The molecule has 2 rings (SSSR count). The number of nitrogens with one attached hydrogen (secondary N) is 1. The summed E-state index contributed by atoms with van der Waals surface area (Å²) < 4.78 is 2.06. The maximum Gasteiger partial charge on any atom is 0.141 e. The Bertz CT molecular complexity index is 415. The maximum atomic E-state index is 4.48. The summed E-state index contributed by atoms with van der Waals surface area (Å²) in [4.78, 5) is 7.10. The molecule has 0 radical (unpaired) electrons. The van der Waals surface area contributed by atoms with Crippen LogP contribution in [0, 0.1) is 5.92 Å². The highest BCUT2D eigenvalue weighted by atomic mass is 15.4. The molecule has 2 atom stereocenters. The molecule has 0 amide bonds. The molecule has 5 heteroatoms. The van der Waals surface area contributed by atoms with Gasteiger partial charge in [-0.15, -0.1) is 0 Å². The zero-order valence-electron chi connectivity index (χ0n) is 14.0. The van der Waals surface area contributed by atoms with Gasteiger partial charge in [-0.25, -0.2) is 9.67 Å². The highest BCUT2D eigenvalue weighted by Gasteiger charge is 2.28. The molecular weight excluding hydrogens is 262 g/mol. The van der Waals surface area contributed by atoms with E-state index >= 15 is 0 Å². The second-order valence-corrected chi connectivity index (χ2v) is 6.63. The van der Waals surface area contributed by atoms with E-state index in [2.05, 4.69) is 52.7 Å². The molecule has 1 aliphatic heterocycles. The first-order valence-corrected chi connectivity index (χ1v) is 8.48. The van der Waals surface area contributed by atoms with Gasteiger partial charge in [0.05, 0.1) is 6.54 Å². The molecule has 1 fully saturated rings. The van der Waals surface area contributed by atoms with Crippen LogP contribution in [0.25, 0.3) is 0 Å². The monoisotopic (exact) mass is 293 g/mol. The van der Waals surface area contributed by atoms with E-state index in [0.717, 1.165) is 44.3 Å². The van der Waals surface area contributed by atoms with Crippen molar-refractivity contribution in [1.82, 2.24) is 25.0 Å². The summed E-state index contributed by atoms with van der Waals surface area (Å²) in [6, 6.07) is 1.22. The van der Waals surface area contributed by atoms with Gasteiger partial charge in [0.15, 0.2) is 0 Å². The van der Waals surface area contributed by atoms with E-state index in [-0.39, 0.29) is 0 Å². The predicted octanol–water partition coefficient (Wildman–Crippen LogP) is 2.29. The highest BCUT2D eigenvalue weighted by molar-refractivity contribution is 4.92. The Hall–Kier alpha value is -0.940. The lowest BCUT2D eigenvalue weighted by atomic mass is 9.98. The van der Waals surface area contributed by atoms with Crippen LogP contribution >= 0.6 is 0 Å². The first kappa shape index (κ1) is 16.4. The highest BCUT2D eigenvalue weighted by Crippen LogP contribution is 2.18. The molecule has 1 aromatic rings. The van der Waals surface area contributed by atoms with Gasteiger partial charge in [0.2, 0.25) is 0 Å². The second-order valence-electron chi connectivity index (χ2n) is 6.63. The van der Waals surface area contributed by atoms with Gasteiger partial charge in [-0.1, -0.05) is 27.7 Å². The maximum absolute atomic E-state index is 4.48. The first-order valence-electron chi connectivity index (χ1n) is 8.48. The van der Waals surface area contributed by atoms with Crippen molar-refractivity contribution in [3.05, 3.63) is 12.2 Å². The zero-order chi connectivity index (χ0) is 15.2. The van der Waals surface area contributed by atoms with Crippen LogP contribution in [0.3, 0.4) is 0 Å². The summed E-state index contributed by atoms with van der Waals surface area (Å²) in [5.41, 5.74) is 0. The van der Waals surface area contributed by atoms with E-state index in [1.807, 2.05) is 0 Å². The van der Waals surface area contributed by atoms with Gasteiger partial charge in [0, 0.05) is 31.7 Å². The van der Waals surface area contributed by atoms with Crippen LogP contribution in [0.15, 0.2) is 6.33 Å². The van der Waals surface area contributed by atoms with E-state index in [9.17, 15) is 0 Å². The Morgan fingerprint density at radius 3 is 2.86 bits per heavy atom. The minimum Gasteiger partial charge on any atom is -0.311 e. The van der Waals surface area contributed by atoms with Crippen molar-refractivity contribution in [2.24, 2.45) is 5.92 Å². The van der Waals surface area contributed by atoms with E-state index in [1.54, 1.807) is 6.33 Å². The number of aromatic nitrogens is 3. The number of nitrogens with zero attached hydrogens (tertiary/aromatic N) is 4.